The third-order valence-electron chi connectivity index (χ3n) is 1.45. The molecule has 0 aliphatic carbocycles. The van der Waals surface area contributed by atoms with Gasteiger partial charge < -0.3 is 0 Å². The molecule has 1 rings (SSSR count). The molecule has 0 saturated heterocycles. The molecule has 15 heavy (non-hydrogen) atoms. The molecule has 0 atom stereocenters. The Hall–Kier alpha value is -1.78. The fourth-order valence-corrected chi connectivity index (χ4v) is 1.18. The van der Waals surface area contributed by atoms with E-state index in [0.29, 0.717) is 17.0 Å². The molecule has 0 aliphatic rings. The van der Waals surface area contributed by atoms with Gasteiger partial charge in [-0.15, -0.1) is 0 Å². The number of hydrogen-bond acceptors (Lipinski definition) is 4. The van der Waals surface area contributed by atoms with Crippen molar-refractivity contribution in [2.75, 3.05) is 5.75 Å². The molecule has 1 aromatic rings. The molecular weight excluding hydrogens is 208 g/mol. The first kappa shape index (κ1) is 11.3. The molecule has 0 amide bonds. The Bertz CT molecular complexity index is 465. The number of aromatic nitrogens is 1. The highest BCUT2D eigenvalue weighted by Crippen LogP contribution is 2.00. The lowest BCUT2D eigenvalue weighted by Crippen LogP contribution is -1.85. The lowest BCUT2D eigenvalue weighted by molar-refractivity contribution is -0.109. The molecule has 0 bridgehead atoms. The Balaban J connectivity index is 2.64. The van der Waals surface area contributed by atoms with Crippen LogP contribution in [0.1, 0.15) is 18.2 Å². The van der Waals surface area contributed by atoms with Crippen LogP contribution in [0.3, 0.4) is 0 Å². The van der Waals surface area contributed by atoms with E-state index in [1.54, 1.807) is 18.3 Å². The van der Waals surface area contributed by atoms with E-state index in [1.807, 2.05) is 6.07 Å². The number of carbonyl (C=O) groups excluding carboxylic acids is 1. The van der Waals surface area contributed by atoms with E-state index in [9.17, 15) is 4.79 Å². The fraction of sp³-hybridized carbons (Fsp3) is 0.182. The fourth-order valence-electron chi connectivity index (χ4n) is 0.833. The molecule has 0 N–H and O–H groups in total. The van der Waals surface area contributed by atoms with Crippen molar-refractivity contribution in [3.05, 3.63) is 29.6 Å². The minimum absolute atomic E-state index is 0.0445. The molecule has 0 aromatic carbocycles. The van der Waals surface area contributed by atoms with Crippen LogP contribution in [0.5, 0.6) is 0 Å². The van der Waals surface area contributed by atoms with Crippen molar-refractivity contribution in [1.82, 2.24) is 4.98 Å². The number of rotatable bonds is 1. The van der Waals surface area contributed by atoms with Crippen molar-refractivity contribution in [2.24, 2.45) is 0 Å². The minimum atomic E-state index is 0.0445. The molecule has 0 radical (unpaired) electrons. The van der Waals surface area contributed by atoms with Crippen LogP contribution in [0.4, 0.5) is 0 Å². The van der Waals surface area contributed by atoms with Crippen LogP contribution in [0.25, 0.3) is 0 Å². The lowest BCUT2D eigenvalue weighted by Gasteiger charge is -1.89. The summed E-state index contributed by atoms with van der Waals surface area (Å²) in [6.07, 6.45) is 1.54. The Morgan fingerprint density at radius 2 is 2.47 bits per heavy atom. The van der Waals surface area contributed by atoms with Crippen LogP contribution < -0.4 is 0 Å². The zero-order valence-electron chi connectivity index (χ0n) is 8.15. The first-order chi connectivity index (χ1) is 7.22. The summed E-state index contributed by atoms with van der Waals surface area (Å²) >= 11 is 1.16. The Kier molecular flexibility index (Phi) is 4.40. The van der Waals surface area contributed by atoms with Gasteiger partial charge in [0.1, 0.15) is 5.69 Å². The molecular formula is C11H8N2OS. The zero-order chi connectivity index (χ0) is 11.1. The largest absolute Gasteiger partial charge is 0.288 e. The number of carbonyl (C=O) groups is 1. The number of nitrogens with zero attached hydrogens (tertiary/aromatic N) is 2. The minimum Gasteiger partial charge on any atom is -0.288 e. The Morgan fingerprint density at radius 1 is 1.67 bits per heavy atom. The molecule has 1 aromatic heterocycles. The predicted octanol–water partition coefficient (Wildman–Crippen LogP) is 1.58. The first-order valence-electron chi connectivity index (χ1n) is 4.21. The maximum absolute atomic E-state index is 10.6. The van der Waals surface area contributed by atoms with Crippen molar-refractivity contribution in [3.63, 3.8) is 0 Å². The standard InChI is InChI=1S/C11H8N2OS/c1-9(14)15-6-2-3-11-7-10(8-12)4-5-13-11/h4-5,7H,6H2,1H3. The highest BCUT2D eigenvalue weighted by atomic mass is 32.2. The lowest BCUT2D eigenvalue weighted by atomic mass is 10.2. The van der Waals surface area contributed by atoms with E-state index in [-0.39, 0.29) is 5.12 Å². The third-order valence-corrected chi connectivity index (χ3v) is 2.15. The monoisotopic (exact) mass is 216 g/mol. The Morgan fingerprint density at radius 3 is 3.13 bits per heavy atom. The van der Waals surface area contributed by atoms with Crippen molar-refractivity contribution in [3.8, 4) is 17.9 Å². The summed E-state index contributed by atoms with van der Waals surface area (Å²) in [4.78, 5) is 14.6. The average Bonchev–Trinajstić information content (AvgIpc) is 2.24. The molecule has 0 aliphatic heterocycles. The smallest absolute Gasteiger partial charge is 0.186 e. The highest BCUT2D eigenvalue weighted by Gasteiger charge is 1.92. The summed E-state index contributed by atoms with van der Waals surface area (Å²) in [5, 5.41) is 8.68. The summed E-state index contributed by atoms with van der Waals surface area (Å²) in [6.45, 7) is 1.50. The van der Waals surface area contributed by atoms with Gasteiger partial charge in [0.25, 0.3) is 0 Å². The van der Waals surface area contributed by atoms with Gasteiger partial charge in [-0.1, -0.05) is 17.7 Å². The van der Waals surface area contributed by atoms with E-state index in [2.05, 4.69) is 16.8 Å². The van der Waals surface area contributed by atoms with E-state index in [4.69, 9.17) is 5.26 Å². The van der Waals surface area contributed by atoms with Gasteiger partial charge in [-0.2, -0.15) is 5.26 Å². The maximum atomic E-state index is 10.6. The van der Waals surface area contributed by atoms with Gasteiger partial charge in [0.05, 0.1) is 17.4 Å². The molecule has 0 saturated carbocycles. The van der Waals surface area contributed by atoms with Crippen LogP contribution >= 0.6 is 11.8 Å². The molecule has 1 heterocycles. The van der Waals surface area contributed by atoms with Gasteiger partial charge in [0, 0.05) is 13.1 Å². The van der Waals surface area contributed by atoms with E-state index >= 15 is 0 Å². The van der Waals surface area contributed by atoms with Gasteiger partial charge in [-0.3, -0.25) is 4.79 Å². The molecule has 74 valence electrons. The molecule has 4 heteroatoms. The average molecular weight is 216 g/mol. The van der Waals surface area contributed by atoms with Crippen LogP contribution in [0, 0.1) is 23.2 Å². The van der Waals surface area contributed by atoms with Crippen molar-refractivity contribution in [2.45, 2.75) is 6.92 Å². The number of thioether (sulfide) groups is 1. The second-order valence-electron chi connectivity index (χ2n) is 2.62. The number of nitriles is 1. The van der Waals surface area contributed by atoms with Gasteiger partial charge in [-0.05, 0) is 18.1 Å². The second kappa shape index (κ2) is 5.85. The van der Waals surface area contributed by atoms with E-state index in [1.165, 1.54) is 6.92 Å². The van der Waals surface area contributed by atoms with Gasteiger partial charge in [0.2, 0.25) is 0 Å². The van der Waals surface area contributed by atoms with Gasteiger partial charge >= 0.3 is 0 Å². The summed E-state index contributed by atoms with van der Waals surface area (Å²) in [5.74, 6) is 6.05. The predicted molar refractivity (Wildman–Crippen MR) is 59.0 cm³/mol. The van der Waals surface area contributed by atoms with Crippen molar-refractivity contribution >= 4 is 16.9 Å². The topological polar surface area (TPSA) is 53.8 Å². The third kappa shape index (κ3) is 4.30. The van der Waals surface area contributed by atoms with E-state index in [0.717, 1.165) is 11.8 Å². The van der Waals surface area contributed by atoms with Gasteiger partial charge in [0.15, 0.2) is 5.12 Å². The van der Waals surface area contributed by atoms with E-state index < -0.39 is 0 Å². The highest BCUT2D eigenvalue weighted by molar-refractivity contribution is 8.13. The number of pyridine rings is 1. The number of hydrogen-bond donors (Lipinski definition) is 0. The molecule has 0 spiro atoms. The van der Waals surface area contributed by atoms with Crippen LogP contribution in [0.15, 0.2) is 18.3 Å². The Labute approximate surface area is 92.5 Å². The summed E-state index contributed by atoms with van der Waals surface area (Å²) in [7, 11) is 0. The molecule has 0 unspecified atom stereocenters. The maximum Gasteiger partial charge on any atom is 0.186 e. The SMILES string of the molecule is CC(=O)SCC#Cc1cc(C#N)ccn1. The summed E-state index contributed by atoms with van der Waals surface area (Å²) < 4.78 is 0. The summed E-state index contributed by atoms with van der Waals surface area (Å²) in [6, 6.07) is 5.25. The second-order valence-corrected chi connectivity index (χ2v) is 3.78. The zero-order valence-corrected chi connectivity index (χ0v) is 8.97. The quantitative estimate of drug-likeness (QED) is 0.669. The normalized spacial score (nSPS) is 8.53. The van der Waals surface area contributed by atoms with Gasteiger partial charge in [-0.25, -0.2) is 4.98 Å². The molecule has 3 nitrogen and oxygen atoms in total. The van der Waals surface area contributed by atoms with Crippen LogP contribution in [0.2, 0.25) is 0 Å². The summed E-state index contributed by atoms with van der Waals surface area (Å²) in [5.41, 5.74) is 1.09. The van der Waals surface area contributed by atoms with Crippen molar-refractivity contribution < 1.29 is 4.79 Å². The molecule has 0 fully saturated rings. The van der Waals surface area contributed by atoms with Crippen molar-refractivity contribution in [1.29, 1.82) is 5.26 Å². The first-order valence-corrected chi connectivity index (χ1v) is 5.19. The van der Waals surface area contributed by atoms with Crippen LogP contribution in [-0.2, 0) is 4.79 Å². The van der Waals surface area contributed by atoms with Crippen LogP contribution in [-0.4, -0.2) is 15.9 Å².